The number of carboxylic acid groups (broad SMARTS) is 1. The van der Waals surface area contributed by atoms with E-state index in [0.29, 0.717) is 18.5 Å². The highest BCUT2D eigenvalue weighted by molar-refractivity contribution is 5.95. The Morgan fingerprint density at radius 3 is 2.37 bits per heavy atom. The zero-order valence-electron chi connectivity index (χ0n) is 10.1. The number of hydrogen-bond acceptors (Lipinski definition) is 3. The topological polar surface area (TPSA) is 79.5 Å². The van der Waals surface area contributed by atoms with Gasteiger partial charge in [-0.2, -0.15) is 0 Å². The number of rotatable bonds is 5. The summed E-state index contributed by atoms with van der Waals surface area (Å²) in [5, 5.41) is 11.5. The first-order valence-electron chi connectivity index (χ1n) is 5.81. The van der Waals surface area contributed by atoms with Crippen molar-refractivity contribution in [3.8, 4) is 0 Å². The summed E-state index contributed by atoms with van der Waals surface area (Å²) in [5.41, 5.74) is 0.594. The van der Waals surface area contributed by atoms with Crippen LogP contribution < -0.4 is 5.32 Å². The van der Waals surface area contributed by atoms with E-state index in [9.17, 15) is 9.59 Å². The molecule has 5 heteroatoms. The summed E-state index contributed by atoms with van der Waals surface area (Å²) in [6, 6.07) is 9.43. The lowest BCUT2D eigenvalue weighted by Crippen LogP contribution is -2.25. The summed E-state index contributed by atoms with van der Waals surface area (Å²) in [6.45, 7) is 0.465. The van der Waals surface area contributed by atoms with Crippen molar-refractivity contribution in [2.75, 3.05) is 6.54 Å². The van der Waals surface area contributed by atoms with Crippen LogP contribution in [0.3, 0.4) is 0 Å². The Morgan fingerprint density at radius 1 is 1.11 bits per heavy atom. The van der Waals surface area contributed by atoms with Crippen LogP contribution in [-0.2, 0) is 6.42 Å². The quantitative estimate of drug-likeness (QED) is 0.860. The molecule has 0 saturated heterocycles. The molecule has 19 heavy (non-hydrogen) atoms. The van der Waals surface area contributed by atoms with Crippen LogP contribution in [0.5, 0.6) is 0 Å². The van der Waals surface area contributed by atoms with E-state index in [-0.39, 0.29) is 11.5 Å². The minimum absolute atomic E-state index is 0.159. The fourth-order valence-corrected chi connectivity index (χ4v) is 1.62. The molecule has 0 aliphatic rings. The van der Waals surface area contributed by atoms with Crippen LogP contribution in [0.4, 0.5) is 0 Å². The molecule has 1 aromatic carbocycles. The third-order valence-corrected chi connectivity index (χ3v) is 2.63. The van der Waals surface area contributed by atoms with Gasteiger partial charge in [-0.15, -0.1) is 0 Å². The number of benzene rings is 1. The van der Waals surface area contributed by atoms with E-state index in [0.717, 1.165) is 5.76 Å². The maximum atomic E-state index is 11.8. The summed E-state index contributed by atoms with van der Waals surface area (Å²) in [7, 11) is 0. The van der Waals surface area contributed by atoms with Gasteiger partial charge in [0.25, 0.3) is 5.91 Å². The molecular weight excluding hydrogens is 246 g/mol. The molecule has 2 aromatic rings. The average Bonchev–Trinajstić information content (AvgIpc) is 2.92. The predicted octanol–water partition coefficient (Wildman–Crippen LogP) is 1.95. The molecule has 5 nitrogen and oxygen atoms in total. The Kier molecular flexibility index (Phi) is 3.97. The number of carbonyl (C=O) groups is 2. The minimum Gasteiger partial charge on any atom is -0.478 e. The number of carbonyl (C=O) groups excluding carboxylic acids is 1. The Labute approximate surface area is 109 Å². The highest BCUT2D eigenvalue weighted by Crippen LogP contribution is 2.05. The maximum Gasteiger partial charge on any atom is 0.335 e. The highest BCUT2D eigenvalue weighted by Gasteiger charge is 2.07. The van der Waals surface area contributed by atoms with Crippen molar-refractivity contribution >= 4 is 11.9 Å². The van der Waals surface area contributed by atoms with E-state index < -0.39 is 5.97 Å². The molecular formula is C14H13NO4. The zero-order chi connectivity index (χ0) is 13.7. The van der Waals surface area contributed by atoms with Crippen molar-refractivity contribution in [2.45, 2.75) is 6.42 Å². The second-order valence-corrected chi connectivity index (χ2v) is 3.97. The number of hydrogen-bond donors (Lipinski definition) is 2. The lowest BCUT2D eigenvalue weighted by Gasteiger charge is -2.04. The Bertz CT molecular complexity index is 558. The fraction of sp³-hybridized carbons (Fsp3) is 0.143. The van der Waals surface area contributed by atoms with E-state index in [1.807, 2.05) is 6.07 Å². The smallest absolute Gasteiger partial charge is 0.335 e. The molecule has 0 bridgehead atoms. The van der Waals surface area contributed by atoms with Crippen LogP contribution in [0.15, 0.2) is 47.1 Å². The molecule has 1 aromatic heterocycles. The van der Waals surface area contributed by atoms with Crippen molar-refractivity contribution in [2.24, 2.45) is 0 Å². The maximum absolute atomic E-state index is 11.8. The van der Waals surface area contributed by atoms with Gasteiger partial charge in [-0.05, 0) is 36.4 Å². The summed E-state index contributed by atoms with van der Waals surface area (Å²) in [5.74, 6) is -0.435. The SMILES string of the molecule is O=C(O)c1ccc(C(=O)NCCc2ccco2)cc1. The van der Waals surface area contributed by atoms with Gasteiger partial charge in [0.05, 0.1) is 11.8 Å². The number of aromatic carboxylic acids is 1. The van der Waals surface area contributed by atoms with E-state index >= 15 is 0 Å². The lowest BCUT2D eigenvalue weighted by atomic mass is 10.1. The molecule has 0 spiro atoms. The van der Waals surface area contributed by atoms with Crippen LogP contribution in [0.2, 0.25) is 0 Å². The Hall–Kier alpha value is -2.56. The molecule has 0 atom stereocenters. The lowest BCUT2D eigenvalue weighted by molar-refractivity contribution is 0.0696. The predicted molar refractivity (Wildman–Crippen MR) is 68.1 cm³/mol. The first kappa shape index (κ1) is 12.9. The molecule has 0 aliphatic heterocycles. The van der Waals surface area contributed by atoms with Crippen molar-refractivity contribution in [1.82, 2.24) is 5.32 Å². The average molecular weight is 259 g/mol. The Balaban J connectivity index is 1.87. The van der Waals surface area contributed by atoms with Gasteiger partial charge in [0.2, 0.25) is 0 Å². The number of amides is 1. The first-order valence-corrected chi connectivity index (χ1v) is 5.81. The van der Waals surface area contributed by atoms with Gasteiger partial charge in [-0.25, -0.2) is 4.79 Å². The van der Waals surface area contributed by atoms with Crippen molar-refractivity contribution in [3.05, 3.63) is 59.5 Å². The summed E-state index contributed by atoms with van der Waals surface area (Å²) >= 11 is 0. The highest BCUT2D eigenvalue weighted by atomic mass is 16.4. The van der Waals surface area contributed by atoms with E-state index in [2.05, 4.69) is 5.32 Å². The summed E-state index contributed by atoms with van der Waals surface area (Å²) < 4.78 is 5.15. The molecule has 98 valence electrons. The second kappa shape index (κ2) is 5.86. The van der Waals surface area contributed by atoms with Crippen LogP contribution in [0, 0.1) is 0 Å². The van der Waals surface area contributed by atoms with E-state index in [1.165, 1.54) is 24.3 Å². The number of nitrogens with one attached hydrogen (secondary N) is 1. The molecule has 1 amide bonds. The first-order chi connectivity index (χ1) is 9.16. The normalized spacial score (nSPS) is 10.1. The summed E-state index contributed by atoms with van der Waals surface area (Å²) in [6.07, 6.45) is 2.20. The number of furan rings is 1. The number of carboxylic acids is 1. The molecule has 2 rings (SSSR count). The monoisotopic (exact) mass is 259 g/mol. The van der Waals surface area contributed by atoms with Gasteiger partial charge < -0.3 is 14.8 Å². The third kappa shape index (κ3) is 3.45. The minimum atomic E-state index is -1.01. The van der Waals surface area contributed by atoms with Crippen molar-refractivity contribution in [3.63, 3.8) is 0 Å². The van der Waals surface area contributed by atoms with Crippen LogP contribution >= 0.6 is 0 Å². The molecule has 2 N–H and O–H groups in total. The summed E-state index contributed by atoms with van der Waals surface area (Å²) in [4.78, 5) is 22.4. The van der Waals surface area contributed by atoms with Gasteiger partial charge in [0, 0.05) is 18.5 Å². The van der Waals surface area contributed by atoms with Crippen LogP contribution in [0.25, 0.3) is 0 Å². The van der Waals surface area contributed by atoms with Gasteiger partial charge in [0.1, 0.15) is 5.76 Å². The van der Waals surface area contributed by atoms with Crippen LogP contribution in [0.1, 0.15) is 26.5 Å². The molecule has 0 radical (unpaired) electrons. The standard InChI is InChI=1S/C14H13NO4/c16-13(15-8-7-12-2-1-9-19-12)10-3-5-11(6-4-10)14(17)18/h1-6,9H,7-8H2,(H,15,16)(H,17,18). The van der Waals surface area contributed by atoms with Crippen molar-refractivity contribution in [1.29, 1.82) is 0 Å². The zero-order valence-corrected chi connectivity index (χ0v) is 10.1. The molecule has 0 fully saturated rings. The second-order valence-electron chi connectivity index (χ2n) is 3.97. The van der Waals surface area contributed by atoms with E-state index in [4.69, 9.17) is 9.52 Å². The van der Waals surface area contributed by atoms with Gasteiger partial charge in [0.15, 0.2) is 0 Å². The molecule has 0 unspecified atom stereocenters. The van der Waals surface area contributed by atoms with Gasteiger partial charge in [-0.1, -0.05) is 0 Å². The Morgan fingerprint density at radius 2 is 1.79 bits per heavy atom. The molecule has 1 heterocycles. The van der Waals surface area contributed by atoms with Gasteiger partial charge in [-0.3, -0.25) is 4.79 Å². The fourth-order valence-electron chi connectivity index (χ4n) is 1.62. The molecule has 0 saturated carbocycles. The molecule has 0 aliphatic carbocycles. The largest absolute Gasteiger partial charge is 0.478 e. The van der Waals surface area contributed by atoms with Crippen molar-refractivity contribution < 1.29 is 19.1 Å². The third-order valence-electron chi connectivity index (χ3n) is 2.63. The van der Waals surface area contributed by atoms with Gasteiger partial charge >= 0.3 is 5.97 Å². The van der Waals surface area contributed by atoms with E-state index in [1.54, 1.807) is 12.3 Å². The van der Waals surface area contributed by atoms with Crippen LogP contribution in [-0.4, -0.2) is 23.5 Å².